The summed E-state index contributed by atoms with van der Waals surface area (Å²) < 4.78 is 0. The lowest BCUT2D eigenvalue weighted by molar-refractivity contribution is -0.142. The first-order valence-electron chi connectivity index (χ1n) is 6.79. The molecule has 104 valence electrons. The molecule has 1 rings (SSSR count). The monoisotopic (exact) mass is 256 g/mol. The molecule has 0 saturated carbocycles. The largest absolute Gasteiger partial charge is 0.480 e. The molecule has 0 bridgehead atoms. The molecule has 2 amide bonds. The summed E-state index contributed by atoms with van der Waals surface area (Å²) in [5.74, 6) is -0.361. The highest BCUT2D eigenvalue weighted by molar-refractivity contribution is 5.82. The first kappa shape index (κ1) is 14.8. The van der Waals surface area contributed by atoms with E-state index in [1.807, 2.05) is 0 Å². The number of aliphatic carboxylic acids is 1. The molecule has 5 nitrogen and oxygen atoms in total. The Labute approximate surface area is 109 Å². The number of hydrogen-bond donors (Lipinski definition) is 2. The molecule has 0 aromatic carbocycles. The van der Waals surface area contributed by atoms with Gasteiger partial charge in [0, 0.05) is 13.1 Å². The second kappa shape index (κ2) is 7.24. The predicted octanol–water partition coefficient (Wildman–Crippen LogP) is 2.07. The Morgan fingerprint density at radius 3 is 2.67 bits per heavy atom. The lowest BCUT2D eigenvalue weighted by Crippen LogP contribution is -2.49. The van der Waals surface area contributed by atoms with Gasteiger partial charge in [-0.3, -0.25) is 0 Å². The van der Waals surface area contributed by atoms with Crippen LogP contribution in [0.4, 0.5) is 4.79 Å². The van der Waals surface area contributed by atoms with E-state index in [4.69, 9.17) is 0 Å². The minimum Gasteiger partial charge on any atom is -0.480 e. The molecule has 18 heavy (non-hydrogen) atoms. The summed E-state index contributed by atoms with van der Waals surface area (Å²) in [5, 5.41) is 12.0. The molecule has 1 atom stereocenters. The molecular weight excluding hydrogens is 232 g/mol. The maximum Gasteiger partial charge on any atom is 0.326 e. The summed E-state index contributed by atoms with van der Waals surface area (Å²) >= 11 is 0. The zero-order valence-corrected chi connectivity index (χ0v) is 11.3. The van der Waals surface area contributed by atoms with E-state index in [9.17, 15) is 14.7 Å². The fourth-order valence-corrected chi connectivity index (χ4v) is 2.18. The molecule has 1 aliphatic rings. The first-order chi connectivity index (χ1) is 8.52. The van der Waals surface area contributed by atoms with Crippen LogP contribution in [0.15, 0.2) is 0 Å². The third-order valence-electron chi connectivity index (χ3n) is 3.30. The number of carboxylic acid groups (broad SMARTS) is 1. The molecule has 1 unspecified atom stereocenters. The maximum absolute atomic E-state index is 12.0. The van der Waals surface area contributed by atoms with Crippen LogP contribution in [-0.2, 0) is 4.79 Å². The van der Waals surface area contributed by atoms with Crippen LogP contribution in [0.3, 0.4) is 0 Å². The van der Waals surface area contributed by atoms with Gasteiger partial charge in [-0.15, -0.1) is 0 Å². The van der Waals surface area contributed by atoms with Gasteiger partial charge >= 0.3 is 12.0 Å². The zero-order chi connectivity index (χ0) is 13.5. The molecule has 0 radical (unpaired) electrons. The van der Waals surface area contributed by atoms with Crippen molar-refractivity contribution in [1.29, 1.82) is 0 Å². The molecule has 1 saturated heterocycles. The smallest absolute Gasteiger partial charge is 0.326 e. The van der Waals surface area contributed by atoms with Gasteiger partial charge in [-0.25, -0.2) is 9.59 Å². The van der Waals surface area contributed by atoms with Crippen molar-refractivity contribution in [2.45, 2.75) is 52.0 Å². The van der Waals surface area contributed by atoms with Crippen molar-refractivity contribution in [3.8, 4) is 0 Å². The van der Waals surface area contributed by atoms with E-state index in [0.29, 0.717) is 25.4 Å². The zero-order valence-electron chi connectivity index (χ0n) is 11.3. The van der Waals surface area contributed by atoms with E-state index in [1.165, 1.54) is 4.90 Å². The number of amides is 2. The first-order valence-corrected chi connectivity index (χ1v) is 6.79. The average Bonchev–Trinajstić information content (AvgIpc) is 2.53. The van der Waals surface area contributed by atoms with Gasteiger partial charge in [0.2, 0.25) is 0 Å². The van der Waals surface area contributed by atoms with Crippen LogP contribution in [0, 0.1) is 5.92 Å². The fourth-order valence-electron chi connectivity index (χ4n) is 2.18. The highest BCUT2D eigenvalue weighted by Gasteiger charge is 2.30. The number of carbonyl (C=O) groups excluding carboxylic acids is 1. The molecule has 0 aromatic heterocycles. The molecule has 0 aromatic rings. The minimum atomic E-state index is -0.893. The van der Waals surface area contributed by atoms with E-state index < -0.39 is 12.0 Å². The van der Waals surface area contributed by atoms with Crippen molar-refractivity contribution >= 4 is 12.0 Å². The second-order valence-corrected chi connectivity index (χ2v) is 5.31. The third-order valence-corrected chi connectivity index (χ3v) is 3.30. The van der Waals surface area contributed by atoms with Crippen LogP contribution in [0.1, 0.15) is 46.0 Å². The van der Waals surface area contributed by atoms with Gasteiger partial charge in [-0.1, -0.05) is 26.7 Å². The van der Waals surface area contributed by atoms with Crippen molar-refractivity contribution in [1.82, 2.24) is 10.2 Å². The molecule has 5 heteroatoms. The Balaban J connectivity index is 2.53. The highest BCUT2D eigenvalue weighted by atomic mass is 16.4. The Kier molecular flexibility index (Phi) is 5.95. The van der Waals surface area contributed by atoms with E-state index >= 15 is 0 Å². The van der Waals surface area contributed by atoms with Crippen molar-refractivity contribution < 1.29 is 14.7 Å². The maximum atomic E-state index is 12.0. The molecule has 1 aliphatic heterocycles. The number of carbonyl (C=O) groups is 2. The van der Waals surface area contributed by atoms with Gasteiger partial charge in [0.15, 0.2) is 0 Å². The number of likely N-dealkylation sites (tertiary alicyclic amines) is 1. The second-order valence-electron chi connectivity index (χ2n) is 5.31. The molecule has 0 aliphatic carbocycles. The van der Waals surface area contributed by atoms with Crippen molar-refractivity contribution in [2.24, 2.45) is 5.92 Å². The normalized spacial score (nSPS) is 20.6. The van der Waals surface area contributed by atoms with Crippen LogP contribution in [0.25, 0.3) is 0 Å². The predicted molar refractivity (Wildman–Crippen MR) is 69.5 cm³/mol. The Morgan fingerprint density at radius 1 is 1.33 bits per heavy atom. The standard InChI is InChI=1S/C13H24N2O3/c1-10(2)7-8-14-13(18)15-9-5-3-4-6-11(15)12(16)17/h10-11H,3-9H2,1-2H3,(H,14,18)(H,16,17). The SMILES string of the molecule is CC(C)CCNC(=O)N1CCCCCC1C(=O)O. The van der Waals surface area contributed by atoms with Crippen molar-refractivity contribution in [3.05, 3.63) is 0 Å². The number of rotatable bonds is 4. The molecular formula is C13H24N2O3. The summed E-state index contributed by atoms with van der Waals surface area (Å²) in [7, 11) is 0. The summed E-state index contributed by atoms with van der Waals surface area (Å²) in [6, 6.07) is -0.892. The van der Waals surface area contributed by atoms with Crippen LogP contribution >= 0.6 is 0 Å². The van der Waals surface area contributed by atoms with Crippen molar-refractivity contribution in [2.75, 3.05) is 13.1 Å². The molecule has 1 heterocycles. The topological polar surface area (TPSA) is 69.6 Å². The van der Waals surface area contributed by atoms with E-state index in [0.717, 1.165) is 25.7 Å². The van der Waals surface area contributed by atoms with E-state index in [2.05, 4.69) is 19.2 Å². The summed E-state index contributed by atoms with van der Waals surface area (Å²) in [4.78, 5) is 24.7. The lowest BCUT2D eigenvalue weighted by Gasteiger charge is -2.27. The Bertz CT molecular complexity index is 292. The van der Waals surface area contributed by atoms with Crippen LogP contribution in [-0.4, -0.2) is 41.1 Å². The van der Waals surface area contributed by atoms with Gasteiger partial charge in [-0.2, -0.15) is 0 Å². The molecule has 2 N–H and O–H groups in total. The lowest BCUT2D eigenvalue weighted by atomic mass is 10.1. The highest BCUT2D eigenvalue weighted by Crippen LogP contribution is 2.17. The molecule has 1 fully saturated rings. The van der Waals surface area contributed by atoms with Gasteiger partial charge in [0.05, 0.1) is 0 Å². The van der Waals surface area contributed by atoms with Gasteiger partial charge in [0.1, 0.15) is 6.04 Å². The average molecular weight is 256 g/mol. The van der Waals surface area contributed by atoms with Crippen molar-refractivity contribution in [3.63, 3.8) is 0 Å². The van der Waals surface area contributed by atoms with E-state index in [-0.39, 0.29) is 6.03 Å². The molecule has 0 spiro atoms. The Hall–Kier alpha value is -1.26. The van der Waals surface area contributed by atoms with Crippen LogP contribution < -0.4 is 5.32 Å². The van der Waals surface area contributed by atoms with Crippen LogP contribution in [0.5, 0.6) is 0 Å². The minimum absolute atomic E-state index is 0.232. The number of hydrogen-bond acceptors (Lipinski definition) is 2. The summed E-state index contributed by atoms with van der Waals surface area (Å²) in [6.45, 7) is 5.35. The van der Waals surface area contributed by atoms with Crippen LogP contribution in [0.2, 0.25) is 0 Å². The number of urea groups is 1. The summed E-state index contributed by atoms with van der Waals surface area (Å²) in [5.41, 5.74) is 0. The van der Waals surface area contributed by atoms with Gasteiger partial charge in [-0.05, 0) is 25.2 Å². The van der Waals surface area contributed by atoms with Gasteiger partial charge < -0.3 is 15.3 Å². The fraction of sp³-hybridized carbons (Fsp3) is 0.846. The third kappa shape index (κ3) is 4.55. The number of carboxylic acids is 1. The number of nitrogens with zero attached hydrogens (tertiary/aromatic N) is 1. The van der Waals surface area contributed by atoms with E-state index in [1.54, 1.807) is 0 Å². The Morgan fingerprint density at radius 2 is 2.06 bits per heavy atom. The summed E-state index contributed by atoms with van der Waals surface area (Å²) in [6.07, 6.45) is 4.25. The van der Waals surface area contributed by atoms with Gasteiger partial charge in [0.25, 0.3) is 0 Å². The quantitative estimate of drug-likeness (QED) is 0.809. The number of nitrogens with one attached hydrogen (secondary N) is 1.